The van der Waals surface area contributed by atoms with Gasteiger partial charge in [0.2, 0.25) is 0 Å². The molecule has 68 valence electrons. The van der Waals surface area contributed by atoms with Crippen LogP contribution in [0.15, 0.2) is 30.3 Å². The fraction of sp³-hybridized carbons (Fsp3) is 0.300. The molecule has 1 fully saturated rings. The summed E-state index contributed by atoms with van der Waals surface area (Å²) in [5.41, 5.74) is 1.32. The summed E-state index contributed by atoms with van der Waals surface area (Å²) >= 11 is 6.87. The molecule has 1 aliphatic rings. The van der Waals surface area contributed by atoms with E-state index >= 15 is 0 Å². The van der Waals surface area contributed by atoms with Gasteiger partial charge in [0, 0.05) is 5.25 Å². The van der Waals surface area contributed by atoms with Gasteiger partial charge in [-0.05, 0) is 5.56 Å². The first-order chi connectivity index (χ1) is 6.27. The van der Waals surface area contributed by atoms with E-state index in [1.165, 1.54) is 5.56 Å². The summed E-state index contributed by atoms with van der Waals surface area (Å²) in [4.78, 5) is 0. The molecule has 13 heavy (non-hydrogen) atoms. The van der Waals surface area contributed by atoms with Crippen LogP contribution in [0.25, 0.3) is 0 Å². The van der Waals surface area contributed by atoms with E-state index < -0.39 is 0 Å². The van der Waals surface area contributed by atoms with Crippen LogP contribution in [0.1, 0.15) is 18.5 Å². The van der Waals surface area contributed by atoms with Crippen molar-refractivity contribution >= 4 is 28.3 Å². The molecule has 1 nitrogen and oxygen atoms in total. The Bertz CT molecular complexity index is 310. The van der Waals surface area contributed by atoms with Crippen LogP contribution in [-0.4, -0.2) is 9.57 Å². The lowest BCUT2D eigenvalue weighted by Crippen LogP contribution is -2.20. The monoisotopic (exact) mass is 209 g/mol. The van der Waals surface area contributed by atoms with Crippen LogP contribution in [0.5, 0.6) is 0 Å². The Labute approximate surface area is 87.9 Å². The highest BCUT2D eigenvalue weighted by atomic mass is 32.2. The maximum atomic E-state index is 5.12. The first-order valence-corrected chi connectivity index (χ1v) is 5.58. The van der Waals surface area contributed by atoms with Crippen LogP contribution in [0.3, 0.4) is 0 Å². The van der Waals surface area contributed by atoms with E-state index in [-0.39, 0.29) is 0 Å². The summed E-state index contributed by atoms with van der Waals surface area (Å²) in [6.45, 7) is 2.20. The van der Waals surface area contributed by atoms with Gasteiger partial charge in [-0.2, -0.15) is 0 Å². The van der Waals surface area contributed by atoms with Gasteiger partial charge in [-0.25, -0.2) is 0 Å². The third-order valence-electron chi connectivity index (χ3n) is 2.19. The molecule has 1 N–H and O–H groups in total. The number of rotatable bonds is 1. The normalized spacial score (nSPS) is 27.3. The Kier molecular flexibility index (Phi) is 2.56. The van der Waals surface area contributed by atoms with Gasteiger partial charge in [0.05, 0.1) is 6.04 Å². The zero-order chi connectivity index (χ0) is 9.26. The second kappa shape index (κ2) is 3.68. The first kappa shape index (κ1) is 9.03. The Balaban J connectivity index is 2.23. The fourth-order valence-corrected chi connectivity index (χ4v) is 3.01. The van der Waals surface area contributed by atoms with Gasteiger partial charge in [0.1, 0.15) is 4.32 Å². The van der Waals surface area contributed by atoms with Crippen LogP contribution < -0.4 is 5.32 Å². The molecule has 0 amide bonds. The summed E-state index contributed by atoms with van der Waals surface area (Å²) in [5.74, 6) is 0. The average Bonchev–Trinajstić information content (AvgIpc) is 2.47. The van der Waals surface area contributed by atoms with Crippen LogP contribution in [0.2, 0.25) is 0 Å². The highest BCUT2D eigenvalue weighted by Gasteiger charge is 2.27. The number of thiocarbonyl (C=S) groups is 1. The molecule has 0 bridgehead atoms. The van der Waals surface area contributed by atoms with Crippen molar-refractivity contribution in [3.05, 3.63) is 35.9 Å². The van der Waals surface area contributed by atoms with E-state index in [1.54, 1.807) is 11.8 Å². The van der Waals surface area contributed by atoms with E-state index in [2.05, 4.69) is 36.5 Å². The number of benzene rings is 1. The lowest BCUT2D eigenvalue weighted by Gasteiger charge is -2.14. The van der Waals surface area contributed by atoms with Crippen molar-refractivity contribution in [1.82, 2.24) is 5.32 Å². The summed E-state index contributed by atoms with van der Waals surface area (Å²) in [5, 5.41) is 3.85. The zero-order valence-corrected chi connectivity index (χ0v) is 8.99. The zero-order valence-electron chi connectivity index (χ0n) is 7.36. The average molecular weight is 209 g/mol. The summed E-state index contributed by atoms with van der Waals surface area (Å²) < 4.78 is 0.918. The standard InChI is InChI=1S/C10H11NS2/c1-7-9(11-10(12)13-7)8-5-3-2-4-6-8/h2-7,9H,1H3,(H,11,12)/t7-,9-/m0/s1. The van der Waals surface area contributed by atoms with Crippen molar-refractivity contribution in [3.63, 3.8) is 0 Å². The molecule has 1 aliphatic heterocycles. The van der Waals surface area contributed by atoms with Gasteiger partial charge >= 0.3 is 0 Å². The molecule has 2 rings (SSSR count). The van der Waals surface area contributed by atoms with Crippen LogP contribution >= 0.6 is 24.0 Å². The van der Waals surface area contributed by atoms with Gasteiger partial charge < -0.3 is 5.32 Å². The van der Waals surface area contributed by atoms with Crippen molar-refractivity contribution in [1.29, 1.82) is 0 Å². The predicted octanol–water partition coefficient (Wildman–Crippen LogP) is 2.74. The third kappa shape index (κ3) is 1.86. The maximum Gasteiger partial charge on any atom is 0.134 e. The molecule has 0 radical (unpaired) electrons. The largest absolute Gasteiger partial charge is 0.363 e. The first-order valence-electron chi connectivity index (χ1n) is 4.29. The molecule has 0 aromatic heterocycles. The predicted molar refractivity (Wildman–Crippen MR) is 62.0 cm³/mol. The van der Waals surface area contributed by atoms with Gasteiger partial charge in [0.15, 0.2) is 0 Å². The van der Waals surface area contributed by atoms with E-state index in [0.29, 0.717) is 11.3 Å². The molecule has 0 aliphatic carbocycles. The molecule has 1 heterocycles. The highest BCUT2D eigenvalue weighted by Crippen LogP contribution is 2.33. The molecular weight excluding hydrogens is 198 g/mol. The lowest BCUT2D eigenvalue weighted by atomic mass is 10.1. The highest BCUT2D eigenvalue weighted by molar-refractivity contribution is 8.23. The SMILES string of the molecule is C[C@@H]1SC(=S)N[C@@H]1c1ccccc1. The third-order valence-corrected chi connectivity index (χ3v) is 3.58. The summed E-state index contributed by atoms with van der Waals surface area (Å²) in [6, 6.07) is 10.8. The van der Waals surface area contributed by atoms with Crippen LogP contribution in [0, 0.1) is 0 Å². The van der Waals surface area contributed by atoms with Gasteiger partial charge in [-0.15, -0.1) is 0 Å². The van der Waals surface area contributed by atoms with Crippen molar-refractivity contribution in [2.24, 2.45) is 0 Å². The Morgan fingerprint density at radius 2 is 2.00 bits per heavy atom. The van der Waals surface area contributed by atoms with Crippen LogP contribution in [-0.2, 0) is 0 Å². The van der Waals surface area contributed by atoms with Crippen molar-refractivity contribution < 1.29 is 0 Å². The number of hydrogen-bond acceptors (Lipinski definition) is 2. The number of nitrogens with one attached hydrogen (secondary N) is 1. The van der Waals surface area contributed by atoms with Gasteiger partial charge in [0.25, 0.3) is 0 Å². The van der Waals surface area contributed by atoms with Crippen molar-refractivity contribution in [3.8, 4) is 0 Å². The lowest BCUT2D eigenvalue weighted by molar-refractivity contribution is 0.666. The van der Waals surface area contributed by atoms with Crippen molar-refractivity contribution in [2.75, 3.05) is 0 Å². The number of thioether (sulfide) groups is 1. The molecule has 0 saturated carbocycles. The maximum absolute atomic E-state index is 5.12. The minimum Gasteiger partial charge on any atom is -0.363 e. The molecule has 2 atom stereocenters. The van der Waals surface area contributed by atoms with E-state index in [0.717, 1.165) is 4.32 Å². The second-order valence-corrected chi connectivity index (χ2v) is 5.20. The smallest absolute Gasteiger partial charge is 0.134 e. The molecule has 0 spiro atoms. The molecule has 1 saturated heterocycles. The summed E-state index contributed by atoms with van der Waals surface area (Å²) in [7, 11) is 0. The Morgan fingerprint density at radius 1 is 1.31 bits per heavy atom. The minimum absolute atomic E-state index is 0.388. The van der Waals surface area contributed by atoms with E-state index in [4.69, 9.17) is 12.2 Å². The number of hydrogen-bond donors (Lipinski definition) is 1. The molecule has 1 aromatic carbocycles. The van der Waals surface area contributed by atoms with Gasteiger partial charge in [-0.1, -0.05) is 61.2 Å². The fourth-order valence-electron chi connectivity index (χ4n) is 1.53. The molecule has 3 heteroatoms. The van der Waals surface area contributed by atoms with E-state index in [1.807, 2.05) is 6.07 Å². The molecule has 0 unspecified atom stereocenters. The molecule has 1 aromatic rings. The van der Waals surface area contributed by atoms with Gasteiger partial charge in [-0.3, -0.25) is 0 Å². The molecular formula is C10H11NS2. The summed E-state index contributed by atoms with van der Waals surface area (Å²) in [6.07, 6.45) is 0. The second-order valence-electron chi connectivity index (χ2n) is 3.14. The van der Waals surface area contributed by atoms with Crippen molar-refractivity contribution in [2.45, 2.75) is 18.2 Å². The van der Waals surface area contributed by atoms with E-state index in [9.17, 15) is 0 Å². The Hall–Kier alpha value is -0.540. The van der Waals surface area contributed by atoms with Crippen LogP contribution in [0.4, 0.5) is 0 Å². The quantitative estimate of drug-likeness (QED) is 0.714. The minimum atomic E-state index is 0.388. The Morgan fingerprint density at radius 3 is 2.54 bits per heavy atom. The topological polar surface area (TPSA) is 12.0 Å².